The number of fused-ring (bicyclic) bond motifs is 3. The van der Waals surface area contributed by atoms with Gasteiger partial charge in [-0.1, -0.05) is 73.3 Å². The Bertz CT molecular complexity index is 2600. The molecule has 3 aromatic heterocycles. The minimum atomic E-state index is -2.18. The van der Waals surface area contributed by atoms with Gasteiger partial charge in [-0.25, -0.2) is 0 Å². The van der Waals surface area contributed by atoms with Crippen molar-refractivity contribution >= 4 is 39.6 Å². The Morgan fingerprint density at radius 3 is 2.08 bits per heavy atom. The number of aromatic nitrogens is 2. The van der Waals surface area contributed by atoms with Crippen LogP contribution in [0.15, 0.2) is 138 Å². The summed E-state index contributed by atoms with van der Waals surface area (Å²) in [4.78, 5) is 9.30. The number of hydrogen-bond donors (Lipinski definition) is 0. The molecule has 0 saturated carbocycles. The van der Waals surface area contributed by atoms with E-state index in [-0.39, 0.29) is 20.1 Å². The van der Waals surface area contributed by atoms with Crippen LogP contribution in [0, 0.1) is 25.9 Å². The van der Waals surface area contributed by atoms with Crippen LogP contribution in [-0.2, 0) is 20.1 Å². The SMILES string of the molecule is Cc1cnc(-c2[c-]ccc3c2oc2cc(-c4ccccc4)ccc23)cc1C(C)C.[2H]C([2H])([2H])c1c[c-]c(-c2cc[c]([Ge]([CH3])([CH3])[CH3])cn2)cc1-c1ccccc1.[Ir]. The van der Waals surface area contributed by atoms with Crippen molar-refractivity contribution in [1.29, 1.82) is 0 Å². The number of nitrogens with zero attached hydrogens (tertiary/aromatic N) is 2. The number of aryl methyl sites for hydroxylation is 2. The molecule has 0 N–H and O–H groups in total. The van der Waals surface area contributed by atoms with Crippen LogP contribution in [0.3, 0.4) is 0 Å². The van der Waals surface area contributed by atoms with Gasteiger partial charge in [0.15, 0.2) is 0 Å². The second kappa shape index (κ2) is 16.2. The first-order chi connectivity index (χ1) is 26.3. The third-order valence-corrected chi connectivity index (χ3v) is 13.8. The molecule has 53 heavy (non-hydrogen) atoms. The Balaban J connectivity index is 0.000000188. The third-order valence-electron chi connectivity index (χ3n) is 9.50. The van der Waals surface area contributed by atoms with Crippen molar-refractivity contribution in [2.24, 2.45) is 0 Å². The molecule has 0 aliphatic carbocycles. The number of pyridine rings is 2. The zero-order valence-electron chi connectivity index (χ0n) is 33.9. The maximum Gasteiger partial charge on any atom is 0 e. The summed E-state index contributed by atoms with van der Waals surface area (Å²) in [5.74, 6) is 7.45. The van der Waals surface area contributed by atoms with Gasteiger partial charge in [0.05, 0.1) is 5.58 Å². The van der Waals surface area contributed by atoms with E-state index in [1.165, 1.54) is 21.1 Å². The van der Waals surface area contributed by atoms with Crippen molar-refractivity contribution in [1.82, 2.24) is 9.97 Å². The van der Waals surface area contributed by atoms with E-state index >= 15 is 0 Å². The largest absolute Gasteiger partial charge is 0 e. The fourth-order valence-electron chi connectivity index (χ4n) is 6.53. The number of hydrogen-bond acceptors (Lipinski definition) is 3. The van der Waals surface area contributed by atoms with Crippen LogP contribution in [0.25, 0.3) is 66.7 Å². The maximum absolute atomic E-state index is 7.84. The zero-order chi connectivity index (χ0) is 38.9. The van der Waals surface area contributed by atoms with E-state index in [1.807, 2.05) is 67.0 Å². The van der Waals surface area contributed by atoms with Gasteiger partial charge >= 0.3 is 146 Å². The van der Waals surface area contributed by atoms with E-state index in [0.717, 1.165) is 55.6 Å². The fraction of sp³-hybridized carbons (Fsp3) is 0.167. The average molecular weight is 933 g/mol. The Morgan fingerprint density at radius 2 is 1.42 bits per heavy atom. The molecule has 0 amide bonds. The van der Waals surface area contributed by atoms with Crippen molar-refractivity contribution in [3.05, 3.63) is 163 Å². The van der Waals surface area contributed by atoms with Gasteiger partial charge in [-0.05, 0) is 46.9 Å². The van der Waals surface area contributed by atoms with E-state index in [0.29, 0.717) is 17.0 Å². The number of rotatable bonds is 6. The molecule has 8 aromatic rings. The summed E-state index contributed by atoms with van der Waals surface area (Å²) in [7, 11) is 0. The van der Waals surface area contributed by atoms with Crippen molar-refractivity contribution in [3.8, 4) is 44.8 Å². The van der Waals surface area contributed by atoms with Crippen LogP contribution in [0.4, 0.5) is 0 Å². The summed E-state index contributed by atoms with van der Waals surface area (Å²) >= 11 is -1.91. The average Bonchev–Trinajstić information content (AvgIpc) is 3.56. The first-order valence-corrected chi connectivity index (χ1v) is 25.1. The molecular formula is C48H44GeIrN2O-2. The first-order valence-electron chi connectivity index (χ1n) is 19.3. The van der Waals surface area contributed by atoms with Crippen LogP contribution in [-0.4, -0.2) is 23.2 Å². The molecule has 0 saturated heterocycles. The van der Waals surface area contributed by atoms with Gasteiger partial charge in [-0.2, -0.15) is 0 Å². The fourth-order valence-corrected chi connectivity index (χ4v) is 8.70. The van der Waals surface area contributed by atoms with Gasteiger partial charge in [-0.3, -0.25) is 0 Å². The van der Waals surface area contributed by atoms with E-state index in [1.54, 1.807) is 6.07 Å². The molecule has 0 unspecified atom stereocenters. The predicted octanol–water partition coefficient (Wildman–Crippen LogP) is 12.6. The summed E-state index contributed by atoms with van der Waals surface area (Å²) < 4.78 is 31.2. The Labute approximate surface area is 334 Å². The second-order valence-electron chi connectivity index (χ2n) is 14.6. The van der Waals surface area contributed by atoms with Crippen molar-refractivity contribution in [2.45, 2.75) is 50.8 Å². The van der Waals surface area contributed by atoms with Gasteiger partial charge in [0.25, 0.3) is 0 Å². The quantitative estimate of drug-likeness (QED) is 0.123. The molecule has 5 heteroatoms. The van der Waals surface area contributed by atoms with E-state index in [4.69, 9.17) is 8.53 Å². The second-order valence-corrected chi connectivity index (χ2v) is 25.2. The molecule has 0 bridgehead atoms. The number of benzene rings is 5. The molecule has 5 aromatic carbocycles. The zero-order valence-corrected chi connectivity index (χ0v) is 35.4. The number of furan rings is 1. The van der Waals surface area contributed by atoms with Crippen LogP contribution in [0.5, 0.6) is 0 Å². The molecule has 3 nitrogen and oxygen atoms in total. The molecular weight excluding hydrogens is 885 g/mol. The Hall–Kier alpha value is -4.61. The molecule has 0 spiro atoms. The minimum absolute atomic E-state index is 0. The summed E-state index contributed by atoms with van der Waals surface area (Å²) in [5.41, 5.74) is 11.9. The first kappa shape index (κ1) is 34.2. The molecule has 0 atom stereocenters. The topological polar surface area (TPSA) is 38.9 Å². The van der Waals surface area contributed by atoms with Gasteiger partial charge in [-0.15, -0.1) is 18.2 Å². The van der Waals surface area contributed by atoms with E-state index in [2.05, 4.69) is 121 Å². The van der Waals surface area contributed by atoms with Crippen LogP contribution in [0.1, 0.15) is 40.6 Å². The van der Waals surface area contributed by atoms with E-state index < -0.39 is 20.1 Å². The van der Waals surface area contributed by atoms with Crippen LogP contribution in [0.2, 0.25) is 17.3 Å². The third kappa shape index (κ3) is 8.31. The summed E-state index contributed by atoms with van der Waals surface area (Å²) in [6.45, 7) is 4.35. The molecule has 1 radical (unpaired) electrons. The molecule has 3 heterocycles. The normalized spacial score (nSPS) is 12.4. The van der Waals surface area contributed by atoms with Gasteiger partial charge < -0.3 is 9.40 Å². The molecule has 0 aliphatic rings. The molecule has 8 rings (SSSR count). The van der Waals surface area contributed by atoms with E-state index in [9.17, 15) is 0 Å². The van der Waals surface area contributed by atoms with Gasteiger partial charge in [0.2, 0.25) is 0 Å². The molecule has 0 fully saturated rings. The standard InChI is InChI=1S/C27H22NO.C21H22GeN.Ir/c1-17(2)24-15-25(28-16-18(24)3)23-11-7-10-22-21-13-12-20(14-26(21)29-27(22)23)19-8-5-4-6-9-19;1-16-10-11-18(14-20(16)17-8-6-5-7-9-17)21-13-12-19(15-23-21)22(2,3)4;/h4-10,12-17H,1-3H3;5-10,12-15H,1-4H3;/q2*-1;/i;1D3;. The van der Waals surface area contributed by atoms with Crippen molar-refractivity contribution < 1.29 is 28.6 Å². The van der Waals surface area contributed by atoms with Gasteiger partial charge in [0, 0.05) is 31.7 Å². The van der Waals surface area contributed by atoms with Crippen LogP contribution >= 0.6 is 0 Å². The van der Waals surface area contributed by atoms with Gasteiger partial charge in [0.1, 0.15) is 5.58 Å². The maximum atomic E-state index is 7.84. The smallest absolute Gasteiger partial charge is 0 e. The predicted molar refractivity (Wildman–Crippen MR) is 222 cm³/mol. The molecule has 0 aliphatic heterocycles. The monoisotopic (exact) mass is 934 g/mol. The van der Waals surface area contributed by atoms with Crippen molar-refractivity contribution in [3.63, 3.8) is 0 Å². The summed E-state index contributed by atoms with van der Waals surface area (Å²) in [6.07, 6.45) is 3.91. The van der Waals surface area contributed by atoms with Crippen LogP contribution < -0.4 is 4.40 Å². The summed E-state index contributed by atoms with van der Waals surface area (Å²) in [5, 5.41) is 2.22. The minimum Gasteiger partial charge on any atom is 0 e. The Kier molecular flexibility index (Phi) is 10.4. The molecule has 267 valence electrons. The van der Waals surface area contributed by atoms with Crippen molar-refractivity contribution in [2.75, 3.05) is 0 Å². The summed E-state index contributed by atoms with van der Waals surface area (Å²) in [6, 6.07) is 46.8. The Morgan fingerprint density at radius 1 is 0.698 bits per heavy atom.